The summed E-state index contributed by atoms with van der Waals surface area (Å²) in [6.45, 7) is 1.59. The lowest BCUT2D eigenvalue weighted by Gasteiger charge is -1.99. The molecule has 1 aromatic carbocycles. The van der Waals surface area contributed by atoms with Crippen LogP contribution in [-0.4, -0.2) is 19.2 Å². The summed E-state index contributed by atoms with van der Waals surface area (Å²) in [5.41, 5.74) is 0.935. The van der Waals surface area contributed by atoms with E-state index in [0.717, 1.165) is 0 Å². The zero-order valence-corrected chi connectivity index (χ0v) is 9.47. The van der Waals surface area contributed by atoms with Crippen LogP contribution in [0.25, 0.3) is 11.1 Å². The Balaban J connectivity index is 2.66. The van der Waals surface area contributed by atoms with Crippen LogP contribution in [0.2, 0.25) is 5.35 Å². The van der Waals surface area contributed by atoms with E-state index in [-0.39, 0.29) is 16.0 Å². The van der Waals surface area contributed by atoms with Gasteiger partial charge in [-0.05, 0) is 29.8 Å². The van der Waals surface area contributed by atoms with Gasteiger partial charge in [-0.15, -0.1) is 0 Å². The molecule has 0 radical (unpaired) electrons. The molecule has 1 aromatic heterocycles. The van der Waals surface area contributed by atoms with E-state index in [1.54, 1.807) is 13.0 Å². The maximum absolute atomic E-state index is 11.6. The molecule has 6 heteroatoms. The Labute approximate surface area is 91.8 Å². The van der Waals surface area contributed by atoms with Crippen LogP contribution in [0.3, 0.4) is 0 Å². The van der Waals surface area contributed by atoms with Crippen LogP contribution in [0.4, 0.5) is 0 Å². The predicted molar refractivity (Wildman–Crippen MR) is 56.7 cm³/mol. The number of sulfone groups is 1. The largest absolute Gasteiger partial charge is 0.428 e. The van der Waals surface area contributed by atoms with Crippen molar-refractivity contribution >= 4 is 32.5 Å². The minimum atomic E-state index is -3.21. The lowest BCUT2D eigenvalue weighted by Crippen LogP contribution is -2.02. The van der Waals surface area contributed by atoms with Crippen LogP contribution >= 0.6 is 11.6 Å². The van der Waals surface area contributed by atoms with Gasteiger partial charge in [-0.25, -0.2) is 8.42 Å². The van der Waals surface area contributed by atoms with Gasteiger partial charge in [0.1, 0.15) is 5.52 Å². The monoisotopic (exact) mass is 245 g/mol. The van der Waals surface area contributed by atoms with Gasteiger partial charge < -0.3 is 4.42 Å². The highest BCUT2D eigenvalue weighted by Crippen LogP contribution is 2.22. The molecule has 0 aliphatic rings. The van der Waals surface area contributed by atoms with Gasteiger partial charge in [-0.1, -0.05) is 6.92 Å². The summed E-state index contributed by atoms with van der Waals surface area (Å²) >= 11 is 5.56. The minimum Gasteiger partial charge on any atom is -0.428 e. The number of halogens is 1. The lowest BCUT2D eigenvalue weighted by molar-refractivity contribution is 0.597. The van der Waals surface area contributed by atoms with Gasteiger partial charge in [0.25, 0.3) is 5.35 Å². The maximum atomic E-state index is 11.6. The molecule has 2 rings (SSSR count). The number of benzene rings is 1. The average molecular weight is 246 g/mol. The number of hydrogen-bond acceptors (Lipinski definition) is 4. The Morgan fingerprint density at radius 2 is 2.20 bits per heavy atom. The summed E-state index contributed by atoms with van der Waals surface area (Å²) < 4.78 is 28.1. The average Bonchev–Trinajstić information content (AvgIpc) is 2.56. The maximum Gasteiger partial charge on any atom is 0.293 e. The first-order valence-electron chi connectivity index (χ1n) is 4.32. The summed E-state index contributed by atoms with van der Waals surface area (Å²) in [5.74, 6) is 0.0596. The highest BCUT2D eigenvalue weighted by molar-refractivity contribution is 7.91. The second-order valence-electron chi connectivity index (χ2n) is 3.00. The normalized spacial score (nSPS) is 12.1. The number of fused-ring (bicyclic) bond motifs is 1. The van der Waals surface area contributed by atoms with Crippen molar-refractivity contribution in [1.82, 2.24) is 4.98 Å². The molecule has 0 fully saturated rings. The van der Waals surface area contributed by atoms with Crippen molar-refractivity contribution in [2.45, 2.75) is 11.8 Å². The van der Waals surface area contributed by atoms with E-state index in [9.17, 15) is 8.42 Å². The van der Waals surface area contributed by atoms with E-state index in [1.807, 2.05) is 0 Å². The van der Waals surface area contributed by atoms with E-state index in [2.05, 4.69) is 4.98 Å². The molecule has 1 heterocycles. The minimum absolute atomic E-state index is 0.0102. The van der Waals surface area contributed by atoms with E-state index in [4.69, 9.17) is 16.0 Å². The highest BCUT2D eigenvalue weighted by Gasteiger charge is 2.13. The van der Waals surface area contributed by atoms with E-state index < -0.39 is 9.84 Å². The summed E-state index contributed by atoms with van der Waals surface area (Å²) in [6, 6.07) is 4.50. The first-order valence-corrected chi connectivity index (χ1v) is 6.35. The van der Waals surface area contributed by atoms with E-state index in [1.165, 1.54) is 12.1 Å². The Morgan fingerprint density at radius 3 is 2.87 bits per heavy atom. The Bertz CT molecular complexity index is 603. The molecule has 0 aliphatic heterocycles. The molecule has 15 heavy (non-hydrogen) atoms. The van der Waals surface area contributed by atoms with Crippen LogP contribution < -0.4 is 0 Å². The van der Waals surface area contributed by atoms with Crippen molar-refractivity contribution in [3.05, 3.63) is 23.5 Å². The fraction of sp³-hybridized carbons (Fsp3) is 0.222. The van der Waals surface area contributed by atoms with Gasteiger partial charge in [0.15, 0.2) is 15.4 Å². The fourth-order valence-corrected chi connectivity index (χ4v) is 2.31. The lowest BCUT2D eigenvalue weighted by atomic mass is 10.3. The standard InChI is InChI=1S/C9H8ClNO3S/c1-2-15(12,13)6-3-4-8-7(5-6)11-9(10)14-8/h3-5H,2H2,1H3. The molecule has 0 saturated carbocycles. The molecule has 0 saturated heterocycles. The summed E-state index contributed by atoms with van der Waals surface area (Å²) in [4.78, 5) is 4.09. The van der Waals surface area contributed by atoms with E-state index >= 15 is 0 Å². The number of hydrogen-bond donors (Lipinski definition) is 0. The zero-order valence-electron chi connectivity index (χ0n) is 7.90. The smallest absolute Gasteiger partial charge is 0.293 e. The van der Waals surface area contributed by atoms with Crippen molar-refractivity contribution in [2.75, 3.05) is 5.75 Å². The quantitative estimate of drug-likeness (QED) is 0.814. The van der Waals surface area contributed by atoms with Crippen LogP contribution in [0.15, 0.2) is 27.5 Å². The molecule has 0 atom stereocenters. The van der Waals surface area contributed by atoms with Gasteiger partial charge in [0.05, 0.1) is 10.6 Å². The van der Waals surface area contributed by atoms with Crippen molar-refractivity contribution in [3.63, 3.8) is 0 Å². The van der Waals surface area contributed by atoms with Crippen LogP contribution in [0.1, 0.15) is 6.92 Å². The third-order valence-electron chi connectivity index (χ3n) is 2.07. The van der Waals surface area contributed by atoms with Gasteiger partial charge in [-0.3, -0.25) is 0 Å². The Hall–Kier alpha value is -1.07. The molecular formula is C9H8ClNO3S. The third-order valence-corrected chi connectivity index (χ3v) is 3.97. The molecule has 0 unspecified atom stereocenters. The molecule has 0 amide bonds. The zero-order chi connectivity index (χ0) is 11.1. The van der Waals surface area contributed by atoms with E-state index in [0.29, 0.717) is 11.1 Å². The SMILES string of the molecule is CCS(=O)(=O)c1ccc2oc(Cl)nc2c1. The van der Waals surface area contributed by atoms with Gasteiger partial charge in [-0.2, -0.15) is 4.98 Å². The summed E-state index contributed by atoms with van der Waals surface area (Å²) in [6.07, 6.45) is 0. The van der Waals surface area contributed by atoms with Gasteiger partial charge >= 0.3 is 0 Å². The number of aromatic nitrogens is 1. The summed E-state index contributed by atoms with van der Waals surface area (Å²) in [7, 11) is -3.21. The second-order valence-corrected chi connectivity index (χ2v) is 5.60. The first-order chi connectivity index (χ1) is 7.03. The topological polar surface area (TPSA) is 60.2 Å². The van der Waals surface area contributed by atoms with Crippen LogP contribution in [0, 0.1) is 0 Å². The highest BCUT2D eigenvalue weighted by atomic mass is 35.5. The van der Waals surface area contributed by atoms with Crippen LogP contribution in [-0.2, 0) is 9.84 Å². The fourth-order valence-electron chi connectivity index (χ4n) is 1.24. The molecule has 0 spiro atoms. The third kappa shape index (κ3) is 1.85. The second kappa shape index (κ2) is 3.50. The predicted octanol–water partition coefficient (Wildman–Crippen LogP) is 2.27. The first kappa shape index (κ1) is 10.4. The van der Waals surface area contributed by atoms with Gasteiger partial charge in [0.2, 0.25) is 0 Å². The molecule has 80 valence electrons. The summed E-state index contributed by atoms with van der Waals surface area (Å²) in [5, 5.41) is 0.0102. The van der Waals surface area contributed by atoms with Gasteiger partial charge in [0, 0.05) is 0 Å². The Morgan fingerprint density at radius 1 is 1.47 bits per heavy atom. The van der Waals surface area contributed by atoms with Crippen molar-refractivity contribution < 1.29 is 12.8 Å². The molecule has 0 bridgehead atoms. The molecule has 4 nitrogen and oxygen atoms in total. The van der Waals surface area contributed by atoms with Crippen molar-refractivity contribution in [2.24, 2.45) is 0 Å². The number of rotatable bonds is 2. The van der Waals surface area contributed by atoms with Crippen molar-refractivity contribution in [1.29, 1.82) is 0 Å². The molecular weight excluding hydrogens is 238 g/mol. The number of nitrogens with zero attached hydrogens (tertiary/aromatic N) is 1. The molecule has 0 N–H and O–H groups in total. The Kier molecular flexibility index (Phi) is 2.44. The molecule has 2 aromatic rings. The number of oxazole rings is 1. The molecule has 0 aliphatic carbocycles. The van der Waals surface area contributed by atoms with Crippen LogP contribution in [0.5, 0.6) is 0 Å². The van der Waals surface area contributed by atoms with Crippen molar-refractivity contribution in [3.8, 4) is 0 Å².